The number of nitrogens with one attached hydrogen (secondary N) is 1. The Bertz CT molecular complexity index is 447. The Balaban J connectivity index is 2.07. The zero-order chi connectivity index (χ0) is 13.1. The van der Waals surface area contributed by atoms with Gasteiger partial charge >= 0.3 is 0 Å². The van der Waals surface area contributed by atoms with E-state index in [4.69, 9.17) is 5.73 Å². The highest BCUT2D eigenvalue weighted by atomic mass is 19.1. The molecule has 18 heavy (non-hydrogen) atoms. The third-order valence-electron chi connectivity index (χ3n) is 3.51. The van der Waals surface area contributed by atoms with Gasteiger partial charge in [-0.3, -0.25) is 4.79 Å². The molecule has 1 amide bonds. The van der Waals surface area contributed by atoms with Crippen molar-refractivity contribution in [3.63, 3.8) is 0 Å². The topological polar surface area (TPSA) is 55.1 Å². The Morgan fingerprint density at radius 3 is 2.78 bits per heavy atom. The Kier molecular flexibility index (Phi) is 3.97. The molecule has 2 atom stereocenters. The summed E-state index contributed by atoms with van der Waals surface area (Å²) in [6, 6.07) is 4.58. The average Bonchev–Trinajstić information content (AvgIpc) is 2.32. The molecular formula is C14H19FN2O. The molecule has 0 spiro atoms. The van der Waals surface area contributed by atoms with E-state index < -0.39 is 5.82 Å². The Morgan fingerprint density at radius 1 is 1.39 bits per heavy atom. The quantitative estimate of drug-likeness (QED) is 0.845. The first-order valence-corrected chi connectivity index (χ1v) is 6.40. The van der Waals surface area contributed by atoms with Crippen molar-refractivity contribution in [1.29, 1.82) is 0 Å². The molecule has 0 aromatic heterocycles. The zero-order valence-corrected chi connectivity index (χ0v) is 10.6. The Labute approximate surface area is 107 Å². The maximum atomic E-state index is 13.7. The Hall–Kier alpha value is -1.42. The van der Waals surface area contributed by atoms with E-state index in [1.165, 1.54) is 12.1 Å². The third-order valence-corrected chi connectivity index (χ3v) is 3.51. The summed E-state index contributed by atoms with van der Waals surface area (Å²) in [5, 5.41) is 2.84. The summed E-state index contributed by atoms with van der Waals surface area (Å²) < 4.78 is 13.7. The smallest absolute Gasteiger partial charge is 0.254 e. The number of halogens is 1. The maximum absolute atomic E-state index is 13.7. The number of hydrogen-bond acceptors (Lipinski definition) is 2. The van der Waals surface area contributed by atoms with Gasteiger partial charge in [0.1, 0.15) is 5.82 Å². The molecule has 0 aliphatic heterocycles. The molecule has 0 unspecified atom stereocenters. The highest BCUT2D eigenvalue weighted by Gasteiger charge is 2.24. The summed E-state index contributed by atoms with van der Waals surface area (Å²) in [5.74, 6) is -0.841. The normalized spacial score (nSPS) is 23.7. The summed E-state index contributed by atoms with van der Waals surface area (Å²) in [7, 11) is 0. The van der Waals surface area contributed by atoms with E-state index in [0.717, 1.165) is 31.2 Å². The van der Waals surface area contributed by atoms with E-state index in [1.807, 2.05) is 0 Å². The van der Waals surface area contributed by atoms with E-state index in [9.17, 15) is 9.18 Å². The summed E-state index contributed by atoms with van der Waals surface area (Å²) in [6.07, 6.45) is 3.96. The van der Waals surface area contributed by atoms with Crippen molar-refractivity contribution >= 4 is 5.91 Å². The van der Waals surface area contributed by atoms with Crippen LogP contribution in [0.3, 0.4) is 0 Å². The molecule has 98 valence electrons. The van der Waals surface area contributed by atoms with Gasteiger partial charge in [0.15, 0.2) is 0 Å². The van der Waals surface area contributed by atoms with Crippen LogP contribution in [0.15, 0.2) is 18.2 Å². The average molecular weight is 250 g/mol. The molecule has 0 radical (unpaired) electrons. The highest BCUT2D eigenvalue weighted by molar-refractivity contribution is 5.94. The molecular weight excluding hydrogens is 231 g/mol. The van der Waals surface area contributed by atoms with Gasteiger partial charge in [0.05, 0.1) is 5.56 Å². The first-order chi connectivity index (χ1) is 8.58. The van der Waals surface area contributed by atoms with Crippen LogP contribution in [0.5, 0.6) is 0 Å². The lowest BCUT2D eigenvalue weighted by Crippen LogP contribution is -2.49. The van der Waals surface area contributed by atoms with Gasteiger partial charge in [0.25, 0.3) is 5.91 Å². The first kappa shape index (κ1) is 13.0. The van der Waals surface area contributed by atoms with Gasteiger partial charge in [0, 0.05) is 12.1 Å². The van der Waals surface area contributed by atoms with Gasteiger partial charge in [0.2, 0.25) is 0 Å². The van der Waals surface area contributed by atoms with Crippen LogP contribution in [0.4, 0.5) is 4.39 Å². The molecule has 1 fully saturated rings. The van der Waals surface area contributed by atoms with E-state index in [1.54, 1.807) is 13.0 Å². The van der Waals surface area contributed by atoms with Crippen LogP contribution in [0.25, 0.3) is 0 Å². The number of benzene rings is 1. The monoisotopic (exact) mass is 250 g/mol. The van der Waals surface area contributed by atoms with Crippen molar-refractivity contribution in [2.75, 3.05) is 0 Å². The van der Waals surface area contributed by atoms with E-state index in [2.05, 4.69) is 5.32 Å². The lowest BCUT2D eigenvalue weighted by atomic mass is 9.91. The fraction of sp³-hybridized carbons (Fsp3) is 0.500. The predicted octanol–water partition coefficient (Wildman–Crippen LogP) is 2.13. The molecule has 3 N–H and O–H groups in total. The van der Waals surface area contributed by atoms with Crippen molar-refractivity contribution < 1.29 is 9.18 Å². The summed E-state index contributed by atoms with van der Waals surface area (Å²) in [4.78, 5) is 12.0. The SMILES string of the molecule is Cc1ccc(C(=O)N[C@@H]2CCCC[C@H]2N)c(F)c1. The minimum atomic E-state index is -0.475. The summed E-state index contributed by atoms with van der Waals surface area (Å²) in [5.41, 5.74) is 6.86. The number of carbonyl (C=O) groups excluding carboxylic acids is 1. The number of rotatable bonds is 2. The van der Waals surface area contributed by atoms with Gasteiger partial charge in [-0.15, -0.1) is 0 Å². The number of nitrogens with two attached hydrogens (primary N) is 1. The standard InChI is InChI=1S/C14H19FN2O/c1-9-6-7-10(11(15)8-9)14(18)17-13-5-3-2-4-12(13)16/h6-8,12-13H,2-5,16H2,1H3,(H,17,18)/t12-,13-/m1/s1. The largest absolute Gasteiger partial charge is 0.348 e. The van der Waals surface area contributed by atoms with Crippen LogP contribution in [0.2, 0.25) is 0 Å². The highest BCUT2D eigenvalue weighted by Crippen LogP contribution is 2.18. The second-order valence-electron chi connectivity index (χ2n) is 5.01. The molecule has 1 aromatic carbocycles. The van der Waals surface area contributed by atoms with Crippen molar-refractivity contribution in [3.05, 3.63) is 35.1 Å². The number of amides is 1. The molecule has 4 heteroatoms. The molecule has 0 bridgehead atoms. The third kappa shape index (κ3) is 2.88. The summed E-state index contributed by atoms with van der Waals surface area (Å²) >= 11 is 0. The van der Waals surface area contributed by atoms with Crippen molar-refractivity contribution in [3.8, 4) is 0 Å². The second kappa shape index (κ2) is 5.48. The minimum Gasteiger partial charge on any atom is -0.348 e. The van der Waals surface area contributed by atoms with Crippen LogP contribution < -0.4 is 11.1 Å². The molecule has 1 aliphatic carbocycles. The minimum absolute atomic E-state index is 0.0174. The predicted molar refractivity (Wildman–Crippen MR) is 68.8 cm³/mol. The molecule has 1 saturated carbocycles. The summed E-state index contributed by atoms with van der Waals surface area (Å²) in [6.45, 7) is 1.79. The molecule has 1 aromatic rings. The second-order valence-corrected chi connectivity index (χ2v) is 5.01. The first-order valence-electron chi connectivity index (χ1n) is 6.40. The Morgan fingerprint density at radius 2 is 2.11 bits per heavy atom. The lowest BCUT2D eigenvalue weighted by molar-refractivity contribution is 0.0917. The van der Waals surface area contributed by atoms with Crippen molar-refractivity contribution in [2.24, 2.45) is 5.73 Å². The van der Waals surface area contributed by atoms with Gasteiger partial charge in [-0.1, -0.05) is 18.9 Å². The van der Waals surface area contributed by atoms with Crippen LogP contribution in [0, 0.1) is 12.7 Å². The van der Waals surface area contributed by atoms with Crippen molar-refractivity contribution in [1.82, 2.24) is 5.32 Å². The van der Waals surface area contributed by atoms with Crippen molar-refractivity contribution in [2.45, 2.75) is 44.7 Å². The fourth-order valence-electron chi connectivity index (χ4n) is 2.39. The van der Waals surface area contributed by atoms with Crippen LogP contribution in [-0.4, -0.2) is 18.0 Å². The molecule has 2 rings (SSSR count). The zero-order valence-electron chi connectivity index (χ0n) is 10.6. The molecule has 0 heterocycles. The van der Waals surface area contributed by atoms with E-state index in [-0.39, 0.29) is 23.6 Å². The molecule has 0 saturated heterocycles. The van der Waals surface area contributed by atoms with Gasteiger partial charge in [-0.05, 0) is 37.5 Å². The van der Waals surface area contributed by atoms with Gasteiger partial charge in [-0.25, -0.2) is 4.39 Å². The van der Waals surface area contributed by atoms with E-state index >= 15 is 0 Å². The van der Waals surface area contributed by atoms with Gasteiger partial charge in [-0.2, -0.15) is 0 Å². The fourth-order valence-corrected chi connectivity index (χ4v) is 2.39. The van der Waals surface area contributed by atoms with Crippen LogP contribution in [-0.2, 0) is 0 Å². The van der Waals surface area contributed by atoms with Crippen LogP contribution >= 0.6 is 0 Å². The lowest BCUT2D eigenvalue weighted by Gasteiger charge is -2.29. The maximum Gasteiger partial charge on any atom is 0.254 e. The van der Waals surface area contributed by atoms with E-state index in [0.29, 0.717) is 0 Å². The molecule has 1 aliphatic rings. The number of hydrogen-bond donors (Lipinski definition) is 2. The molecule has 3 nitrogen and oxygen atoms in total. The number of aryl methyl sites for hydroxylation is 1. The van der Waals surface area contributed by atoms with Gasteiger partial charge < -0.3 is 11.1 Å². The van der Waals surface area contributed by atoms with Crippen LogP contribution in [0.1, 0.15) is 41.6 Å². The number of carbonyl (C=O) groups is 1.